The molecule has 4 aromatic rings. The lowest BCUT2D eigenvalue weighted by Crippen LogP contribution is -2.25. The zero-order valence-corrected chi connectivity index (χ0v) is 18.2. The Morgan fingerprint density at radius 2 is 1.71 bits per heavy atom. The van der Waals surface area contributed by atoms with Gasteiger partial charge in [-0.3, -0.25) is 0 Å². The molecule has 0 radical (unpaired) electrons. The first kappa shape index (κ1) is 20.9. The Labute approximate surface area is 182 Å². The average Bonchev–Trinajstić information content (AvgIpc) is 3.09. The first-order valence-electron chi connectivity index (χ1n) is 10.5. The number of aromatic nitrogens is 2. The molecule has 5 nitrogen and oxygen atoms in total. The van der Waals surface area contributed by atoms with Crippen molar-refractivity contribution in [3.8, 4) is 11.5 Å². The van der Waals surface area contributed by atoms with Crippen LogP contribution in [-0.4, -0.2) is 27.4 Å². The smallest absolute Gasteiger partial charge is 0.148 e. The zero-order chi connectivity index (χ0) is 21.8. The van der Waals surface area contributed by atoms with E-state index < -0.39 is 6.10 Å². The van der Waals surface area contributed by atoms with Gasteiger partial charge in [0.05, 0.1) is 17.6 Å². The molecule has 0 amide bonds. The normalized spacial score (nSPS) is 12.1. The monoisotopic (exact) mass is 416 g/mol. The molecule has 0 aliphatic rings. The third-order valence-electron chi connectivity index (χ3n) is 5.25. The molecule has 1 heterocycles. The SMILES string of the molecule is Cc1cccc(OCc2nc3ccccc3n2CC(O)COc2ccc(C)cc2C)c1. The molecule has 1 N–H and O–H groups in total. The van der Waals surface area contributed by atoms with E-state index in [2.05, 4.69) is 13.0 Å². The largest absolute Gasteiger partial charge is 0.491 e. The van der Waals surface area contributed by atoms with Crippen LogP contribution in [0.3, 0.4) is 0 Å². The van der Waals surface area contributed by atoms with Crippen molar-refractivity contribution in [1.82, 2.24) is 9.55 Å². The second kappa shape index (κ2) is 9.23. The topological polar surface area (TPSA) is 56.5 Å². The maximum Gasteiger partial charge on any atom is 0.148 e. The van der Waals surface area contributed by atoms with Gasteiger partial charge in [0.15, 0.2) is 0 Å². The predicted octanol–water partition coefficient (Wildman–Crippen LogP) is 4.98. The van der Waals surface area contributed by atoms with E-state index in [0.717, 1.165) is 39.5 Å². The molecule has 1 atom stereocenters. The lowest BCUT2D eigenvalue weighted by atomic mass is 10.1. The van der Waals surface area contributed by atoms with Crippen LogP contribution in [0.1, 0.15) is 22.5 Å². The number of hydrogen-bond donors (Lipinski definition) is 1. The Hall–Kier alpha value is -3.31. The number of aliphatic hydroxyl groups excluding tert-OH is 1. The molecule has 31 heavy (non-hydrogen) atoms. The Morgan fingerprint density at radius 3 is 2.52 bits per heavy atom. The van der Waals surface area contributed by atoms with E-state index >= 15 is 0 Å². The molecule has 4 rings (SSSR count). The summed E-state index contributed by atoms with van der Waals surface area (Å²) in [4.78, 5) is 4.73. The van der Waals surface area contributed by atoms with Crippen molar-refractivity contribution in [1.29, 1.82) is 0 Å². The van der Waals surface area contributed by atoms with Crippen LogP contribution in [-0.2, 0) is 13.2 Å². The van der Waals surface area contributed by atoms with Crippen molar-refractivity contribution >= 4 is 11.0 Å². The Bertz CT molecular complexity index is 1180. The minimum absolute atomic E-state index is 0.203. The first-order valence-corrected chi connectivity index (χ1v) is 10.5. The van der Waals surface area contributed by atoms with Crippen LogP contribution in [0.2, 0.25) is 0 Å². The predicted molar refractivity (Wildman–Crippen MR) is 123 cm³/mol. The molecule has 0 saturated heterocycles. The summed E-state index contributed by atoms with van der Waals surface area (Å²) < 4.78 is 13.9. The third-order valence-corrected chi connectivity index (χ3v) is 5.25. The molecule has 0 fully saturated rings. The van der Waals surface area contributed by atoms with Crippen molar-refractivity contribution in [3.63, 3.8) is 0 Å². The molecular formula is C26H28N2O3. The number of hydrogen-bond acceptors (Lipinski definition) is 4. The summed E-state index contributed by atoms with van der Waals surface area (Å²) in [7, 11) is 0. The van der Waals surface area contributed by atoms with Gasteiger partial charge in [-0.15, -0.1) is 0 Å². The van der Waals surface area contributed by atoms with E-state index in [0.29, 0.717) is 13.2 Å². The lowest BCUT2D eigenvalue weighted by molar-refractivity contribution is 0.0914. The van der Waals surface area contributed by atoms with E-state index in [1.807, 2.05) is 79.1 Å². The maximum atomic E-state index is 10.7. The number of ether oxygens (including phenoxy) is 2. The summed E-state index contributed by atoms with van der Waals surface area (Å²) in [6.07, 6.45) is -0.684. The molecule has 5 heteroatoms. The number of benzene rings is 3. The molecule has 0 spiro atoms. The summed E-state index contributed by atoms with van der Waals surface area (Å²) in [5, 5.41) is 10.7. The van der Waals surface area contributed by atoms with Crippen LogP contribution in [0, 0.1) is 20.8 Å². The van der Waals surface area contributed by atoms with Gasteiger partial charge < -0.3 is 19.1 Å². The molecule has 0 aliphatic heterocycles. The molecule has 0 bridgehead atoms. The van der Waals surface area contributed by atoms with Gasteiger partial charge in [0.2, 0.25) is 0 Å². The van der Waals surface area contributed by atoms with Crippen LogP contribution in [0.4, 0.5) is 0 Å². The van der Waals surface area contributed by atoms with Crippen molar-refractivity contribution in [2.75, 3.05) is 6.61 Å². The van der Waals surface area contributed by atoms with Gasteiger partial charge in [-0.2, -0.15) is 0 Å². The Kier molecular flexibility index (Phi) is 6.23. The fourth-order valence-corrected chi connectivity index (χ4v) is 3.70. The van der Waals surface area contributed by atoms with E-state index in [4.69, 9.17) is 14.5 Å². The second-order valence-corrected chi connectivity index (χ2v) is 7.97. The van der Waals surface area contributed by atoms with Crippen LogP contribution in [0.5, 0.6) is 11.5 Å². The molecule has 160 valence electrons. The van der Waals surface area contributed by atoms with Gasteiger partial charge in [-0.1, -0.05) is 42.0 Å². The van der Waals surface area contributed by atoms with Gasteiger partial charge in [0.25, 0.3) is 0 Å². The van der Waals surface area contributed by atoms with Gasteiger partial charge in [-0.05, 0) is 62.2 Å². The van der Waals surface area contributed by atoms with Crippen LogP contribution in [0.15, 0.2) is 66.7 Å². The van der Waals surface area contributed by atoms with Gasteiger partial charge >= 0.3 is 0 Å². The highest BCUT2D eigenvalue weighted by Crippen LogP contribution is 2.21. The fourth-order valence-electron chi connectivity index (χ4n) is 3.70. The van der Waals surface area contributed by atoms with Crippen molar-refractivity contribution < 1.29 is 14.6 Å². The van der Waals surface area contributed by atoms with E-state index in [1.165, 1.54) is 5.56 Å². The molecule has 1 aromatic heterocycles. The fraction of sp³-hybridized carbons (Fsp3) is 0.269. The third kappa shape index (κ3) is 5.06. The van der Waals surface area contributed by atoms with Gasteiger partial charge in [0.1, 0.15) is 36.6 Å². The minimum atomic E-state index is -0.684. The highest BCUT2D eigenvalue weighted by molar-refractivity contribution is 5.75. The number of imidazole rings is 1. The van der Waals surface area contributed by atoms with E-state index in [-0.39, 0.29) is 6.61 Å². The van der Waals surface area contributed by atoms with Crippen LogP contribution in [0.25, 0.3) is 11.0 Å². The lowest BCUT2D eigenvalue weighted by Gasteiger charge is -2.17. The van der Waals surface area contributed by atoms with Gasteiger partial charge in [-0.25, -0.2) is 4.98 Å². The molecule has 0 saturated carbocycles. The second-order valence-electron chi connectivity index (χ2n) is 7.97. The Morgan fingerprint density at radius 1 is 0.903 bits per heavy atom. The van der Waals surface area contributed by atoms with Crippen molar-refractivity contribution in [2.45, 2.75) is 40.0 Å². The standard InChI is InChI=1S/C26H28N2O3/c1-18-7-6-8-22(14-18)30-17-26-27-23-9-4-5-10-24(23)28(26)15-21(29)16-31-25-12-11-19(2)13-20(25)3/h4-14,21,29H,15-17H2,1-3H3. The number of rotatable bonds is 8. The first-order chi connectivity index (χ1) is 15.0. The summed E-state index contributed by atoms with van der Waals surface area (Å²) in [6.45, 7) is 7.00. The number of nitrogens with zero attached hydrogens (tertiary/aromatic N) is 2. The molecule has 1 unspecified atom stereocenters. The molecule has 3 aromatic carbocycles. The van der Waals surface area contributed by atoms with Crippen LogP contribution >= 0.6 is 0 Å². The van der Waals surface area contributed by atoms with Gasteiger partial charge in [0, 0.05) is 0 Å². The molecule has 0 aliphatic carbocycles. The summed E-state index contributed by atoms with van der Waals surface area (Å²) in [5.74, 6) is 2.37. The Balaban J connectivity index is 1.49. The number of aryl methyl sites for hydroxylation is 3. The number of para-hydroxylation sites is 2. The summed E-state index contributed by atoms with van der Waals surface area (Å²) in [5.41, 5.74) is 5.25. The van der Waals surface area contributed by atoms with E-state index in [9.17, 15) is 5.11 Å². The molecular weight excluding hydrogens is 388 g/mol. The highest BCUT2D eigenvalue weighted by Gasteiger charge is 2.16. The van der Waals surface area contributed by atoms with Crippen molar-refractivity contribution in [3.05, 3.63) is 89.2 Å². The van der Waals surface area contributed by atoms with Crippen molar-refractivity contribution in [2.24, 2.45) is 0 Å². The van der Waals surface area contributed by atoms with Crippen LogP contribution < -0.4 is 9.47 Å². The van der Waals surface area contributed by atoms with E-state index in [1.54, 1.807) is 0 Å². The summed E-state index contributed by atoms with van der Waals surface area (Å²) in [6, 6.07) is 21.9. The number of aliphatic hydroxyl groups is 1. The zero-order valence-electron chi connectivity index (χ0n) is 18.2. The minimum Gasteiger partial charge on any atom is -0.491 e. The maximum absolute atomic E-state index is 10.7. The quantitative estimate of drug-likeness (QED) is 0.440. The number of fused-ring (bicyclic) bond motifs is 1. The summed E-state index contributed by atoms with van der Waals surface area (Å²) >= 11 is 0. The highest BCUT2D eigenvalue weighted by atomic mass is 16.5. The average molecular weight is 417 g/mol.